The van der Waals surface area contributed by atoms with Crippen LogP contribution in [0.15, 0.2) is 84.3 Å². The van der Waals surface area contributed by atoms with Gasteiger partial charge in [0.15, 0.2) is 0 Å². The maximum absolute atomic E-state index is 12.9. The number of benzene rings is 3. The molecule has 3 aromatic carbocycles. The summed E-state index contributed by atoms with van der Waals surface area (Å²) >= 11 is 0. The second kappa shape index (κ2) is 11.3. The molecule has 0 bridgehead atoms. The monoisotopic (exact) mass is 535 g/mol. The van der Waals surface area contributed by atoms with Gasteiger partial charge in [-0.3, -0.25) is 4.79 Å². The summed E-state index contributed by atoms with van der Waals surface area (Å²) in [4.78, 5) is 23.5. The first-order valence-electron chi connectivity index (χ1n) is 13.6. The van der Waals surface area contributed by atoms with Crippen molar-refractivity contribution in [3.8, 4) is 11.1 Å². The Bertz CT molecular complexity index is 1400. The Morgan fingerprint density at radius 3 is 2.00 bits per heavy atom. The van der Waals surface area contributed by atoms with Gasteiger partial charge in [-0.15, -0.1) is 0 Å². The van der Waals surface area contributed by atoms with Crippen molar-refractivity contribution in [1.82, 2.24) is 5.32 Å². The van der Waals surface area contributed by atoms with Crippen LogP contribution >= 0.6 is 0 Å². The number of ether oxygens (including phenoxy) is 1. The molecule has 0 saturated carbocycles. The molecule has 1 heterocycles. The lowest BCUT2D eigenvalue weighted by atomic mass is 9.77. The van der Waals surface area contributed by atoms with Crippen molar-refractivity contribution >= 4 is 31.6 Å². The highest BCUT2D eigenvalue weighted by Gasteiger charge is 2.52. The Labute approximate surface area is 236 Å². The van der Waals surface area contributed by atoms with E-state index in [1.807, 2.05) is 82.3 Å². The first-order valence-corrected chi connectivity index (χ1v) is 13.6. The molecule has 1 amide bonds. The molecule has 7 heteroatoms. The molecule has 0 spiro atoms. The molecule has 6 nitrogen and oxygen atoms in total. The smallest absolute Gasteiger partial charge is 0.449 e. The number of rotatable bonds is 8. The molecular weight excluding hydrogens is 501 g/mol. The zero-order valence-corrected chi connectivity index (χ0v) is 23.3. The summed E-state index contributed by atoms with van der Waals surface area (Å²) < 4.78 is 18.3. The SMILES string of the molecule is CC1(C)OB(C(=Cc2ccc(/C=C/C=O)cc2)CNC(=O)OCC2c3ccccc3-c3ccccc32)OC1(C)C. The van der Waals surface area contributed by atoms with Crippen molar-refractivity contribution in [3.63, 3.8) is 0 Å². The molecular formula is C33H34BNO5. The van der Waals surface area contributed by atoms with Crippen LogP contribution in [-0.2, 0) is 18.8 Å². The van der Waals surface area contributed by atoms with Gasteiger partial charge in [0.1, 0.15) is 12.9 Å². The van der Waals surface area contributed by atoms with Gasteiger partial charge in [0.05, 0.1) is 11.2 Å². The molecule has 204 valence electrons. The largest absolute Gasteiger partial charge is 0.492 e. The molecule has 1 saturated heterocycles. The van der Waals surface area contributed by atoms with E-state index in [2.05, 4.69) is 29.6 Å². The highest BCUT2D eigenvalue weighted by atomic mass is 16.7. The van der Waals surface area contributed by atoms with Crippen LogP contribution in [0.4, 0.5) is 4.79 Å². The fraction of sp³-hybridized carbons (Fsp3) is 0.273. The summed E-state index contributed by atoms with van der Waals surface area (Å²) in [6.07, 6.45) is 5.41. The molecule has 1 aliphatic carbocycles. The first-order chi connectivity index (χ1) is 19.2. The molecule has 5 rings (SSSR count). The lowest BCUT2D eigenvalue weighted by molar-refractivity contribution is -0.104. The van der Waals surface area contributed by atoms with Gasteiger partial charge >= 0.3 is 13.2 Å². The number of carbonyl (C=O) groups excluding carboxylic acids is 2. The Balaban J connectivity index is 1.29. The zero-order chi connectivity index (χ0) is 28.3. The number of amides is 1. The minimum atomic E-state index is -0.631. The van der Waals surface area contributed by atoms with Crippen LogP contribution in [0.1, 0.15) is 55.9 Å². The molecule has 1 N–H and O–H groups in total. The lowest BCUT2D eigenvalue weighted by Gasteiger charge is -2.32. The molecule has 3 aromatic rings. The van der Waals surface area contributed by atoms with E-state index in [-0.39, 0.29) is 19.1 Å². The summed E-state index contributed by atoms with van der Waals surface area (Å²) in [6.45, 7) is 8.43. The van der Waals surface area contributed by atoms with Gasteiger partial charge in [0, 0.05) is 12.5 Å². The number of hydrogen-bond acceptors (Lipinski definition) is 5. The van der Waals surface area contributed by atoms with Crippen molar-refractivity contribution in [2.75, 3.05) is 13.2 Å². The minimum Gasteiger partial charge on any atom is -0.449 e. The van der Waals surface area contributed by atoms with Gasteiger partial charge in [0.25, 0.3) is 0 Å². The Morgan fingerprint density at radius 1 is 0.875 bits per heavy atom. The summed E-state index contributed by atoms with van der Waals surface area (Å²) in [5.74, 6) is -0.0111. The maximum Gasteiger partial charge on any atom is 0.492 e. The third-order valence-electron chi connectivity index (χ3n) is 7.99. The van der Waals surface area contributed by atoms with E-state index in [9.17, 15) is 9.59 Å². The van der Waals surface area contributed by atoms with E-state index in [0.717, 1.165) is 22.9 Å². The Kier molecular flexibility index (Phi) is 7.79. The average Bonchev–Trinajstić information content (AvgIpc) is 3.38. The van der Waals surface area contributed by atoms with Crippen LogP contribution in [0.5, 0.6) is 0 Å². The predicted octanol–water partition coefficient (Wildman–Crippen LogP) is 6.45. The van der Waals surface area contributed by atoms with E-state index in [0.29, 0.717) is 0 Å². The zero-order valence-electron chi connectivity index (χ0n) is 23.3. The van der Waals surface area contributed by atoms with Crippen LogP contribution < -0.4 is 5.32 Å². The molecule has 40 heavy (non-hydrogen) atoms. The van der Waals surface area contributed by atoms with Gasteiger partial charge in [-0.05, 0) is 72.6 Å². The standard InChI is InChI=1S/C33H34BNO5/c1-32(2)33(3,4)40-34(39-32)25(20-24-17-15-23(16-18-24)10-9-19-36)21-35-31(37)38-22-30-28-13-7-5-11-26(28)27-12-6-8-14-29(27)30/h5-20,30H,21-22H2,1-4H3,(H,35,37)/b10-9+,25-20?. The average molecular weight is 535 g/mol. The second-order valence-electron chi connectivity index (χ2n) is 11.1. The van der Waals surface area contributed by atoms with E-state index in [4.69, 9.17) is 14.0 Å². The molecule has 0 radical (unpaired) electrons. The lowest BCUT2D eigenvalue weighted by Crippen LogP contribution is -2.41. The van der Waals surface area contributed by atoms with Crippen molar-refractivity contribution in [2.45, 2.75) is 44.8 Å². The van der Waals surface area contributed by atoms with Crippen LogP contribution in [-0.4, -0.2) is 43.9 Å². The number of carbonyl (C=O) groups is 2. The summed E-state index contributed by atoms with van der Waals surface area (Å²) in [6, 6.07) is 24.3. The molecule has 0 unspecified atom stereocenters. The van der Waals surface area contributed by atoms with Gasteiger partial charge in [-0.2, -0.15) is 0 Å². The molecule has 2 aliphatic rings. The number of aldehydes is 1. The van der Waals surface area contributed by atoms with Gasteiger partial charge in [-0.1, -0.05) is 84.9 Å². The van der Waals surface area contributed by atoms with E-state index in [1.54, 1.807) is 6.08 Å². The number of nitrogens with one attached hydrogen (secondary N) is 1. The van der Waals surface area contributed by atoms with Gasteiger partial charge in [-0.25, -0.2) is 4.79 Å². The summed E-state index contributed by atoms with van der Waals surface area (Å²) in [5, 5.41) is 2.91. The molecule has 0 aromatic heterocycles. The van der Waals surface area contributed by atoms with Gasteiger partial charge < -0.3 is 19.4 Å². The number of hydrogen-bond donors (Lipinski definition) is 1. The fourth-order valence-corrected chi connectivity index (χ4v) is 5.09. The number of alkyl carbamates (subject to hydrolysis) is 1. The van der Waals surface area contributed by atoms with Crippen LogP contribution in [0, 0.1) is 0 Å². The van der Waals surface area contributed by atoms with Crippen LogP contribution in [0.25, 0.3) is 23.3 Å². The van der Waals surface area contributed by atoms with Gasteiger partial charge in [0.2, 0.25) is 0 Å². The summed E-state index contributed by atoms with van der Waals surface area (Å²) in [7, 11) is -0.631. The van der Waals surface area contributed by atoms with E-state index in [1.165, 1.54) is 28.3 Å². The second-order valence-corrected chi connectivity index (χ2v) is 11.1. The third kappa shape index (κ3) is 5.67. The molecule has 1 aliphatic heterocycles. The highest BCUT2D eigenvalue weighted by Crippen LogP contribution is 2.44. The fourth-order valence-electron chi connectivity index (χ4n) is 5.09. The number of fused-ring (bicyclic) bond motifs is 3. The topological polar surface area (TPSA) is 73.9 Å². The third-order valence-corrected chi connectivity index (χ3v) is 7.99. The predicted molar refractivity (Wildman–Crippen MR) is 159 cm³/mol. The Morgan fingerprint density at radius 2 is 1.43 bits per heavy atom. The Hall–Kier alpha value is -3.94. The van der Waals surface area contributed by atoms with Crippen molar-refractivity contribution in [1.29, 1.82) is 0 Å². The summed E-state index contributed by atoms with van der Waals surface area (Å²) in [5.41, 5.74) is 6.26. The van der Waals surface area contributed by atoms with Crippen LogP contribution in [0.3, 0.4) is 0 Å². The van der Waals surface area contributed by atoms with Crippen molar-refractivity contribution < 1.29 is 23.6 Å². The van der Waals surface area contributed by atoms with E-state index >= 15 is 0 Å². The molecule has 1 fully saturated rings. The normalized spacial score (nSPS) is 17.5. The van der Waals surface area contributed by atoms with E-state index < -0.39 is 24.4 Å². The first kappa shape index (κ1) is 27.6. The van der Waals surface area contributed by atoms with Crippen molar-refractivity contribution in [2.24, 2.45) is 0 Å². The maximum atomic E-state index is 12.9. The molecule has 0 atom stereocenters. The number of allylic oxidation sites excluding steroid dienone is 1. The minimum absolute atomic E-state index is 0.0111. The van der Waals surface area contributed by atoms with Crippen LogP contribution in [0.2, 0.25) is 0 Å². The highest BCUT2D eigenvalue weighted by molar-refractivity contribution is 6.56. The quantitative estimate of drug-likeness (QED) is 0.204. The van der Waals surface area contributed by atoms with Crippen molar-refractivity contribution in [3.05, 3.63) is 107 Å².